The van der Waals surface area contributed by atoms with Gasteiger partial charge in [-0.15, -0.1) is 0 Å². The van der Waals surface area contributed by atoms with Crippen LogP contribution in [0.25, 0.3) is 11.0 Å². The number of imide groups is 1. The maximum atomic E-state index is 12.4. The average molecular weight is 291 g/mol. The van der Waals surface area contributed by atoms with E-state index in [-0.39, 0.29) is 11.8 Å². The summed E-state index contributed by atoms with van der Waals surface area (Å²) in [5.74, 6) is -0.699. The first-order valence-electron chi connectivity index (χ1n) is 6.67. The van der Waals surface area contributed by atoms with Crippen LogP contribution in [0, 0.1) is 0 Å². The van der Waals surface area contributed by atoms with E-state index in [4.69, 9.17) is 4.42 Å². The topological polar surface area (TPSA) is 67.6 Å². The molecule has 0 fully saturated rings. The molecule has 1 aliphatic rings. The molecule has 2 heterocycles. The van der Waals surface area contributed by atoms with Gasteiger partial charge in [-0.3, -0.25) is 9.59 Å². The molecule has 5 heteroatoms. The van der Waals surface area contributed by atoms with Crippen molar-refractivity contribution >= 4 is 28.5 Å². The van der Waals surface area contributed by atoms with Crippen LogP contribution in [0.2, 0.25) is 0 Å². The highest BCUT2D eigenvalue weighted by atomic mass is 16.4. The molecule has 22 heavy (non-hydrogen) atoms. The standard InChI is InChI=1S/C17H9NO4/c19-15-8-5-10-9-11(6-7-14(10)22-15)18-16(20)12-3-1-2-4-13(12)17(18)21/h1-9H. The summed E-state index contributed by atoms with van der Waals surface area (Å²) < 4.78 is 5.05. The molecule has 4 rings (SSSR count). The minimum Gasteiger partial charge on any atom is -0.423 e. The molecule has 2 amide bonds. The normalized spacial score (nSPS) is 13.7. The van der Waals surface area contributed by atoms with Crippen LogP contribution in [0.5, 0.6) is 0 Å². The van der Waals surface area contributed by atoms with Crippen LogP contribution in [0.1, 0.15) is 20.7 Å². The minimum absolute atomic E-state index is 0.350. The number of carbonyl (C=O) groups excluding carboxylic acids is 2. The van der Waals surface area contributed by atoms with Crippen LogP contribution in [0.3, 0.4) is 0 Å². The van der Waals surface area contributed by atoms with E-state index in [9.17, 15) is 14.4 Å². The Bertz CT molecular complexity index is 968. The van der Waals surface area contributed by atoms with Gasteiger partial charge in [0.25, 0.3) is 11.8 Å². The molecule has 0 radical (unpaired) electrons. The summed E-state index contributed by atoms with van der Waals surface area (Å²) in [4.78, 5) is 37.2. The highest BCUT2D eigenvalue weighted by Crippen LogP contribution is 2.30. The Kier molecular flexibility index (Phi) is 2.50. The summed E-state index contributed by atoms with van der Waals surface area (Å²) in [5, 5.41) is 0.647. The number of anilines is 1. The summed E-state index contributed by atoms with van der Waals surface area (Å²) in [7, 11) is 0. The van der Waals surface area contributed by atoms with Crippen molar-refractivity contribution in [3.8, 4) is 0 Å². The Hall–Kier alpha value is -3.21. The van der Waals surface area contributed by atoms with Gasteiger partial charge in [0.05, 0.1) is 16.8 Å². The summed E-state index contributed by atoms with van der Waals surface area (Å²) in [5.41, 5.74) is 1.21. The molecule has 3 aromatic rings. The predicted molar refractivity (Wildman–Crippen MR) is 80.1 cm³/mol. The molecule has 0 atom stereocenters. The Morgan fingerprint density at radius 1 is 0.773 bits per heavy atom. The molecular weight excluding hydrogens is 282 g/mol. The maximum absolute atomic E-state index is 12.4. The lowest BCUT2D eigenvalue weighted by molar-refractivity contribution is 0.0926. The predicted octanol–water partition coefficient (Wildman–Crippen LogP) is 2.59. The van der Waals surface area contributed by atoms with Crippen molar-refractivity contribution in [2.45, 2.75) is 0 Å². The number of rotatable bonds is 1. The van der Waals surface area contributed by atoms with Crippen LogP contribution in [-0.4, -0.2) is 11.8 Å². The third-order valence-corrected chi connectivity index (χ3v) is 3.66. The third-order valence-electron chi connectivity index (χ3n) is 3.66. The molecule has 1 aromatic heterocycles. The fourth-order valence-electron chi connectivity index (χ4n) is 2.62. The van der Waals surface area contributed by atoms with Gasteiger partial charge in [-0.2, -0.15) is 0 Å². The number of hydrogen-bond donors (Lipinski definition) is 0. The lowest BCUT2D eigenvalue weighted by Crippen LogP contribution is -2.29. The molecule has 5 nitrogen and oxygen atoms in total. The van der Waals surface area contributed by atoms with E-state index in [1.54, 1.807) is 48.5 Å². The maximum Gasteiger partial charge on any atom is 0.336 e. The summed E-state index contributed by atoms with van der Waals surface area (Å²) in [6, 6.07) is 14.4. The third kappa shape index (κ3) is 1.69. The van der Waals surface area contributed by atoms with Crippen LogP contribution < -0.4 is 10.5 Å². The monoisotopic (exact) mass is 291 g/mol. The second-order valence-electron chi connectivity index (χ2n) is 4.97. The van der Waals surface area contributed by atoms with Crippen molar-refractivity contribution in [2.24, 2.45) is 0 Å². The number of nitrogens with zero attached hydrogens (tertiary/aromatic N) is 1. The zero-order valence-corrected chi connectivity index (χ0v) is 11.3. The first kappa shape index (κ1) is 12.5. The van der Waals surface area contributed by atoms with E-state index in [2.05, 4.69) is 0 Å². The molecule has 2 aromatic carbocycles. The van der Waals surface area contributed by atoms with Crippen LogP contribution in [0.15, 0.2) is 63.8 Å². The van der Waals surface area contributed by atoms with E-state index in [1.807, 2.05) is 0 Å². The molecule has 1 aliphatic heterocycles. The summed E-state index contributed by atoms with van der Waals surface area (Å²) in [6.45, 7) is 0. The van der Waals surface area contributed by atoms with E-state index >= 15 is 0 Å². The Labute approximate surface area is 124 Å². The highest BCUT2D eigenvalue weighted by Gasteiger charge is 2.36. The summed E-state index contributed by atoms with van der Waals surface area (Å²) in [6.07, 6.45) is 0. The van der Waals surface area contributed by atoms with Gasteiger partial charge < -0.3 is 4.42 Å². The molecule has 0 saturated carbocycles. The Morgan fingerprint density at radius 3 is 2.14 bits per heavy atom. The zero-order valence-electron chi connectivity index (χ0n) is 11.3. The molecule has 0 saturated heterocycles. The number of fused-ring (bicyclic) bond motifs is 2. The second kappa shape index (κ2) is 4.39. The van der Waals surface area contributed by atoms with Crippen molar-refractivity contribution < 1.29 is 14.0 Å². The van der Waals surface area contributed by atoms with Gasteiger partial charge in [-0.25, -0.2) is 9.69 Å². The molecule has 0 bridgehead atoms. The Balaban J connectivity index is 1.86. The minimum atomic E-state index is -0.444. The van der Waals surface area contributed by atoms with E-state index in [1.165, 1.54) is 6.07 Å². The van der Waals surface area contributed by atoms with Gasteiger partial charge in [0.15, 0.2) is 0 Å². The van der Waals surface area contributed by atoms with Gasteiger partial charge in [0.1, 0.15) is 5.58 Å². The molecule has 0 unspecified atom stereocenters. The van der Waals surface area contributed by atoms with Crippen molar-refractivity contribution in [3.05, 3.63) is 76.1 Å². The Morgan fingerprint density at radius 2 is 1.45 bits per heavy atom. The van der Waals surface area contributed by atoms with Gasteiger partial charge in [-0.05, 0) is 36.4 Å². The molecular formula is C17H9NO4. The van der Waals surface area contributed by atoms with E-state index in [0.29, 0.717) is 27.8 Å². The van der Waals surface area contributed by atoms with E-state index in [0.717, 1.165) is 4.90 Å². The number of amides is 2. The molecule has 0 aliphatic carbocycles. The van der Waals surface area contributed by atoms with Crippen molar-refractivity contribution in [1.29, 1.82) is 0 Å². The highest BCUT2D eigenvalue weighted by molar-refractivity contribution is 6.34. The molecule has 106 valence electrons. The van der Waals surface area contributed by atoms with Gasteiger partial charge in [-0.1, -0.05) is 12.1 Å². The zero-order chi connectivity index (χ0) is 15.3. The number of carbonyl (C=O) groups is 2. The van der Waals surface area contributed by atoms with Crippen LogP contribution in [0.4, 0.5) is 5.69 Å². The first-order chi connectivity index (χ1) is 10.6. The smallest absolute Gasteiger partial charge is 0.336 e. The lowest BCUT2D eigenvalue weighted by atomic mass is 10.1. The van der Waals surface area contributed by atoms with Gasteiger partial charge in [0.2, 0.25) is 0 Å². The first-order valence-corrected chi connectivity index (χ1v) is 6.67. The fourth-order valence-corrected chi connectivity index (χ4v) is 2.62. The quantitative estimate of drug-likeness (QED) is 0.510. The van der Waals surface area contributed by atoms with E-state index < -0.39 is 5.63 Å². The fraction of sp³-hybridized carbons (Fsp3) is 0. The SMILES string of the molecule is O=C1c2ccccc2C(=O)N1c1ccc2oc(=O)ccc2c1. The average Bonchev–Trinajstić information content (AvgIpc) is 2.79. The largest absolute Gasteiger partial charge is 0.423 e. The van der Waals surface area contributed by atoms with Crippen LogP contribution in [-0.2, 0) is 0 Å². The number of hydrogen-bond acceptors (Lipinski definition) is 4. The molecule has 0 spiro atoms. The lowest BCUT2D eigenvalue weighted by Gasteiger charge is -2.14. The van der Waals surface area contributed by atoms with Gasteiger partial charge >= 0.3 is 5.63 Å². The van der Waals surface area contributed by atoms with Gasteiger partial charge in [0, 0.05) is 11.5 Å². The van der Waals surface area contributed by atoms with Crippen molar-refractivity contribution in [3.63, 3.8) is 0 Å². The van der Waals surface area contributed by atoms with Crippen molar-refractivity contribution in [2.75, 3.05) is 4.90 Å². The second-order valence-corrected chi connectivity index (χ2v) is 4.97. The van der Waals surface area contributed by atoms with Crippen molar-refractivity contribution in [1.82, 2.24) is 0 Å². The summed E-state index contributed by atoms with van der Waals surface area (Å²) >= 11 is 0. The molecule has 0 N–H and O–H groups in total. The van der Waals surface area contributed by atoms with Crippen LogP contribution >= 0.6 is 0 Å². The number of benzene rings is 2.